The van der Waals surface area contributed by atoms with Crippen LogP contribution < -0.4 is 5.32 Å². The van der Waals surface area contributed by atoms with Crippen molar-refractivity contribution in [1.82, 2.24) is 9.78 Å². The average molecular weight is 287 g/mol. The standard InChI is InChI=1S/C15H17N3O3/c1-3-18-13(7-10(2)17-18)15(21)16-12-6-4-5-11(8-12)9-14(19)20/h4-8H,3,9H2,1-2H3,(H,16,21)(H,19,20). The number of carboxylic acids is 1. The Morgan fingerprint density at radius 1 is 1.33 bits per heavy atom. The molecule has 1 heterocycles. The molecular formula is C15H17N3O3. The van der Waals surface area contributed by atoms with E-state index in [2.05, 4.69) is 10.4 Å². The first-order valence-corrected chi connectivity index (χ1v) is 6.66. The van der Waals surface area contributed by atoms with Crippen LogP contribution in [0.15, 0.2) is 30.3 Å². The Kier molecular flexibility index (Phi) is 4.37. The molecule has 2 rings (SSSR count). The maximum Gasteiger partial charge on any atom is 0.307 e. The summed E-state index contributed by atoms with van der Waals surface area (Å²) in [5, 5.41) is 15.8. The predicted octanol–water partition coefficient (Wildman–Crippen LogP) is 2.09. The highest BCUT2D eigenvalue weighted by molar-refractivity contribution is 6.03. The number of aromatic nitrogens is 2. The molecule has 21 heavy (non-hydrogen) atoms. The van der Waals surface area contributed by atoms with E-state index in [1.54, 1.807) is 35.0 Å². The van der Waals surface area contributed by atoms with Crippen LogP contribution in [0.25, 0.3) is 0 Å². The van der Waals surface area contributed by atoms with Crippen molar-refractivity contribution in [2.75, 3.05) is 5.32 Å². The molecule has 1 aromatic carbocycles. The SMILES string of the molecule is CCn1nc(C)cc1C(=O)Nc1cccc(CC(=O)O)c1. The van der Waals surface area contributed by atoms with Gasteiger partial charge in [-0.1, -0.05) is 12.1 Å². The van der Waals surface area contributed by atoms with Gasteiger partial charge in [-0.25, -0.2) is 0 Å². The first-order chi connectivity index (χ1) is 9.99. The second kappa shape index (κ2) is 6.21. The third kappa shape index (κ3) is 3.68. The van der Waals surface area contributed by atoms with Gasteiger partial charge in [0.1, 0.15) is 5.69 Å². The Morgan fingerprint density at radius 2 is 2.10 bits per heavy atom. The third-order valence-corrected chi connectivity index (χ3v) is 2.97. The van der Waals surface area contributed by atoms with E-state index < -0.39 is 5.97 Å². The molecule has 2 aromatic rings. The van der Waals surface area contributed by atoms with Gasteiger partial charge in [-0.3, -0.25) is 14.3 Å². The molecule has 0 spiro atoms. The number of amides is 1. The van der Waals surface area contributed by atoms with Crippen molar-refractivity contribution < 1.29 is 14.7 Å². The first-order valence-electron chi connectivity index (χ1n) is 6.66. The summed E-state index contributed by atoms with van der Waals surface area (Å²) in [5.41, 5.74) is 2.47. The zero-order valence-corrected chi connectivity index (χ0v) is 12.0. The van der Waals surface area contributed by atoms with Crippen LogP contribution in [-0.4, -0.2) is 26.8 Å². The number of hydrogen-bond acceptors (Lipinski definition) is 3. The van der Waals surface area contributed by atoms with E-state index in [1.807, 2.05) is 13.8 Å². The van der Waals surface area contributed by atoms with E-state index >= 15 is 0 Å². The summed E-state index contributed by atoms with van der Waals surface area (Å²) in [6.07, 6.45) is -0.0737. The van der Waals surface area contributed by atoms with Crippen molar-refractivity contribution in [3.05, 3.63) is 47.3 Å². The van der Waals surface area contributed by atoms with Crippen LogP contribution in [0.1, 0.15) is 28.7 Å². The number of rotatable bonds is 5. The van der Waals surface area contributed by atoms with E-state index in [9.17, 15) is 9.59 Å². The Hall–Kier alpha value is -2.63. The minimum atomic E-state index is -0.904. The van der Waals surface area contributed by atoms with Crippen LogP contribution in [0.2, 0.25) is 0 Å². The molecule has 2 N–H and O–H groups in total. The van der Waals surface area contributed by atoms with Crippen LogP contribution in [-0.2, 0) is 17.8 Å². The van der Waals surface area contributed by atoms with E-state index in [0.29, 0.717) is 23.5 Å². The molecule has 0 fully saturated rings. The van der Waals surface area contributed by atoms with Crippen LogP contribution >= 0.6 is 0 Å². The summed E-state index contributed by atoms with van der Waals surface area (Å²) in [5.74, 6) is -1.16. The van der Waals surface area contributed by atoms with Gasteiger partial charge in [0.05, 0.1) is 12.1 Å². The van der Waals surface area contributed by atoms with E-state index in [-0.39, 0.29) is 12.3 Å². The fourth-order valence-electron chi connectivity index (χ4n) is 2.10. The maximum atomic E-state index is 12.3. The number of benzene rings is 1. The molecule has 0 aliphatic carbocycles. The molecule has 0 atom stereocenters. The molecule has 1 amide bonds. The Labute approximate surface area is 122 Å². The van der Waals surface area contributed by atoms with Gasteiger partial charge in [0.2, 0.25) is 0 Å². The summed E-state index contributed by atoms with van der Waals surface area (Å²) in [6.45, 7) is 4.35. The average Bonchev–Trinajstić information content (AvgIpc) is 2.79. The van der Waals surface area contributed by atoms with Crippen molar-refractivity contribution >= 4 is 17.6 Å². The van der Waals surface area contributed by atoms with Crippen LogP contribution in [0.5, 0.6) is 0 Å². The number of carbonyl (C=O) groups is 2. The summed E-state index contributed by atoms with van der Waals surface area (Å²) in [7, 11) is 0. The highest BCUT2D eigenvalue weighted by Gasteiger charge is 2.13. The topological polar surface area (TPSA) is 84.2 Å². The number of aliphatic carboxylic acids is 1. The normalized spacial score (nSPS) is 10.4. The number of anilines is 1. The van der Waals surface area contributed by atoms with Crippen molar-refractivity contribution in [1.29, 1.82) is 0 Å². The molecule has 0 bridgehead atoms. The van der Waals surface area contributed by atoms with Gasteiger partial charge in [-0.2, -0.15) is 5.10 Å². The predicted molar refractivity (Wildman–Crippen MR) is 78.4 cm³/mol. The van der Waals surface area contributed by atoms with E-state index in [1.165, 1.54) is 0 Å². The lowest BCUT2D eigenvalue weighted by Gasteiger charge is -2.07. The van der Waals surface area contributed by atoms with Gasteiger partial charge in [0.25, 0.3) is 5.91 Å². The van der Waals surface area contributed by atoms with E-state index in [0.717, 1.165) is 5.69 Å². The Balaban J connectivity index is 2.17. The molecule has 0 unspecified atom stereocenters. The number of carboxylic acid groups (broad SMARTS) is 1. The van der Waals surface area contributed by atoms with Crippen molar-refractivity contribution in [3.8, 4) is 0 Å². The highest BCUT2D eigenvalue weighted by atomic mass is 16.4. The lowest BCUT2D eigenvalue weighted by molar-refractivity contribution is -0.136. The zero-order valence-electron chi connectivity index (χ0n) is 12.0. The fourth-order valence-corrected chi connectivity index (χ4v) is 2.10. The number of hydrogen-bond donors (Lipinski definition) is 2. The monoisotopic (exact) mass is 287 g/mol. The van der Waals surface area contributed by atoms with Crippen molar-refractivity contribution in [3.63, 3.8) is 0 Å². The van der Waals surface area contributed by atoms with E-state index in [4.69, 9.17) is 5.11 Å². The molecule has 0 aliphatic rings. The summed E-state index contributed by atoms with van der Waals surface area (Å²) in [6, 6.07) is 8.54. The molecule has 6 nitrogen and oxygen atoms in total. The van der Waals surface area contributed by atoms with Crippen LogP contribution in [0.4, 0.5) is 5.69 Å². The Morgan fingerprint density at radius 3 is 2.76 bits per heavy atom. The molecule has 0 aliphatic heterocycles. The fraction of sp³-hybridized carbons (Fsp3) is 0.267. The molecule has 0 radical (unpaired) electrons. The van der Waals surface area contributed by atoms with Gasteiger partial charge in [0.15, 0.2) is 0 Å². The minimum Gasteiger partial charge on any atom is -0.481 e. The minimum absolute atomic E-state index is 0.0737. The third-order valence-electron chi connectivity index (χ3n) is 2.97. The molecule has 0 saturated carbocycles. The van der Waals surface area contributed by atoms with Gasteiger partial charge in [-0.05, 0) is 37.6 Å². The number of nitrogens with zero attached hydrogens (tertiary/aromatic N) is 2. The Bertz CT molecular complexity index is 677. The van der Waals surface area contributed by atoms with Gasteiger partial charge < -0.3 is 10.4 Å². The number of aryl methyl sites for hydroxylation is 2. The number of nitrogens with one attached hydrogen (secondary N) is 1. The number of carbonyl (C=O) groups excluding carboxylic acids is 1. The summed E-state index contributed by atoms with van der Waals surface area (Å²) < 4.78 is 1.63. The van der Waals surface area contributed by atoms with Crippen LogP contribution in [0.3, 0.4) is 0 Å². The molecular weight excluding hydrogens is 270 g/mol. The highest BCUT2D eigenvalue weighted by Crippen LogP contribution is 2.13. The maximum absolute atomic E-state index is 12.3. The summed E-state index contributed by atoms with van der Waals surface area (Å²) >= 11 is 0. The van der Waals surface area contributed by atoms with Gasteiger partial charge in [0, 0.05) is 12.2 Å². The van der Waals surface area contributed by atoms with Gasteiger partial charge >= 0.3 is 5.97 Å². The van der Waals surface area contributed by atoms with Crippen molar-refractivity contribution in [2.45, 2.75) is 26.8 Å². The second-order valence-corrected chi connectivity index (χ2v) is 4.71. The molecule has 110 valence electrons. The quantitative estimate of drug-likeness (QED) is 0.882. The first kappa shape index (κ1) is 14.8. The lowest BCUT2D eigenvalue weighted by atomic mass is 10.1. The largest absolute Gasteiger partial charge is 0.481 e. The summed E-state index contributed by atoms with van der Waals surface area (Å²) in [4.78, 5) is 23.0. The van der Waals surface area contributed by atoms with Crippen molar-refractivity contribution in [2.24, 2.45) is 0 Å². The lowest BCUT2D eigenvalue weighted by Crippen LogP contribution is -2.17. The van der Waals surface area contributed by atoms with Gasteiger partial charge in [-0.15, -0.1) is 0 Å². The zero-order chi connectivity index (χ0) is 15.4. The second-order valence-electron chi connectivity index (χ2n) is 4.71. The molecule has 1 aromatic heterocycles. The van der Waals surface area contributed by atoms with Crippen LogP contribution in [0, 0.1) is 6.92 Å². The smallest absolute Gasteiger partial charge is 0.307 e. The molecule has 6 heteroatoms. The molecule has 0 saturated heterocycles.